The monoisotopic (exact) mass is 728 g/mol. The van der Waals surface area contributed by atoms with Crippen molar-refractivity contribution >= 4 is 93.4 Å². The largest absolute Gasteiger partial charge is 0.456 e. The number of amidine groups is 1. The Balaban J connectivity index is 1.17. The number of aliphatic imine (C=N–C) groups is 2. The summed E-state index contributed by atoms with van der Waals surface area (Å²) >= 11 is 0. The zero-order valence-corrected chi connectivity index (χ0v) is 30.7. The lowest BCUT2D eigenvalue weighted by Crippen LogP contribution is -2.07. The lowest BCUT2D eigenvalue weighted by molar-refractivity contribution is 0.668. The van der Waals surface area contributed by atoms with Crippen molar-refractivity contribution in [3.8, 4) is 11.1 Å². The molecule has 266 valence electrons. The molecule has 12 rings (SSSR count). The molecule has 0 spiro atoms. The standard InChI is InChI=1S/C53H32N2O2/c1-3-13-35-30-37(22-20-32(35)10-1)44-26-27-45(38-23-21-33-11-2-4-14-36(33)31-38)55-53(54-44)51-40(25-29-48-50(51)42-16-7-8-19-46(42)56-48)41-17-9-18-43-49-39-15-6-5-12-34(39)24-28-47(49)57-52(41)43/h1-26,28-31H,27H2. The Hall–Kier alpha value is -7.56. The molecule has 0 bridgehead atoms. The van der Waals surface area contributed by atoms with Gasteiger partial charge in [-0.1, -0.05) is 146 Å². The summed E-state index contributed by atoms with van der Waals surface area (Å²) in [6.45, 7) is 0. The molecule has 0 unspecified atom stereocenters. The van der Waals surface area contributed by atoms with E-state index in [4.69, 9.17) is 18.8 Å². The molecule has 0 fully saturated rings. The molecule has 4 heteroatoms. The van der Waals surface area contributed by atoms with Crippen LogP contribution in [0.25, 0.3) is 93.0 Å². The van der Waals surface area contributed by atoms with Gasteiger partial charge in [-0.25, -0.2) is 9.98 Å². The Morgan fingerprint density at radius 2 is 1.04 bits per heavy atom. The first-order chi connectivity index (χ1) is 28.2. The normalized spacial score (nSPS) is 13.5. The molecule has 0 atom stereocenters. The van der Waals surface area contributed by atoms with Crippen LogP contribution in [0, 0.1) is 0 Å². The Kier molecular flexibility index (Phi) is 6.96. The van der Waals surface area contributed by atoms with Gasteiger partial charge in [-0.3, -0.25) is 0 Å². The van der Waals surface area contributed by atoms with Gasteiger partial charge >= 0.3 is 0 Å². The Labute approximate surface area is 327 Å². The van der Waals surface area contributed by atoms with Crippen LogP contribution in [0.15, 0.2) is 201 Å². The molecule has 9 aromatic carbocycles. The zero-order valence-electron chi connectivity index (χ0n) is 30.7. The quantitative estimate of drug-likeness (QED) is 0.181. The third kappa shape index (κ3) is 5.08. The Morgan fingerprint density at radius 1 is 0.404 bits per heavy atom. The van der Waals surface area contributed by atoms with E-state index >= 15 is 0 Å². The lowest BCUT2D eigenvalue weighted by atomic mass is 9.92. The number of rotatable bonds is 4. The van der Waals surface area contributed by atoms with Crippen molar-refractivity contribution in [1.29, 1.82) is 0 Å². The van der Waals surface area contributed by atoms with Crippen molar-refractivity contribution < 1.29 is 8.83 Å². The van der Waals surface area contributed by atoms with Crippen LogP contribution in [0.3, 0.4) is 0 Å². The SMILES string of the molecule is C1=C(c2ccc3ccccc3c2)N=C(c2c(-c3cccc4c3oc3ccc5ccccc5c34)ccc3oc4ccccc4c23)N=C(c2ccc3ccccc3c2)C1. The second kappa shape index (κ2) is 12.5. The van der Waals surface area contributed by atoms with Crippen molar-refractivity contribution in [3.05, 3.63) is 199 Å². The number of hydrogen-bond acceptors (Lipinski definition) is 4. The fourth-order valence-corrected chi connectivity index (χ4v) is 8.80. The lowest BCUT2D eigenvalue weighted by Gasteiger charge is -2.14. The summed E-state index contributed by atoms with van der Waals surface area (Å²) in [5, 5.41) is 11.3. The maximum absolute atomic E-state index is 6.85. The first kappa shape index (κ1) is 31.8. The predicted octanol–water partition coefficient (Wildman–Crippen LogP) is 14.3. The van der Waals surface area contributed by atoms with Gasteiger partial charge in [0.15, 0.2) is 5.84 Å². The molecule has 3 heterocycles. The molecule has 4 nitrogen and oxygen atoms in total. The van der Waals surface area contributed by atoms with Gasteiger partial charge in [-0.05, 0) is 79.8 Å². The van der Waals surface area contributed by atoms with Crippen molar-refractivity contribution in [2.24, 2.45) is 9.98 Å². The summed E-state index contributed by atoms with van der Waals surface area (Å²) in [6.07, 6.45) is 2.83. The number of benzene rings is 9. The highest BCUT2D eigenvalue weighted by molar-refractivity contribution is 6.27. The summed E-state index contributed by atoms with van der Waals surface area (Å²) in [7, 11) is 0. The minimum atomic E-state index is 0.608. The van der Waals surface area contributed by atoms with E-state index in [2.05, 4.69) is 170 Å². The van der Waals surface area contributed by atoms with Crippen molar-refractivity contribution in [3.63, 3.8) is 0 Å². The van der Waals surface area contributed by atoms with Gasteiger partial charge in [0.2, 0.25) is 0 Å². The fraction of sp³-hybridized carbons (Fsp3) is 0.0189. The topological polar surface area (TPSA) is 51.0 Å². The molecule has 0 saturated heterocycles. The van der Waals surface area contributed by atoms with Crippen LogP contribution in [0.2, 0.25) is 0 Å². The highest BCUT2D eigenvalue weighted by atomic mass is 16.3. The van der Waals surface area contributed by atoms with Gasteiger partial charge in [0, 0.05) is 44.7 Å². The molecule has 11 aromatic rings. The average Bonchev–Trinajstić information content (AvgIpc) is 3.77. The third-order valence-electron chi connectivity index (χ3n) is 11.5. The van der Waals surface area contributed by atoms with Crippen LogP contribution in [0.1, 0.15) is 23.1 Å². The van der Waals surface area contributed by atoms with E-state index in [-0.39, 0.29) is 0 Å². The summed E-state index contributed by atoms with van der Waals surface area (Å²) < 4.78 is 13.4. The first-order valence-corrected chi connectivity index (χ1v) is 19.4. The summed E-state index contributed by atoms with van der Waals surface area (Å²) in [4.78, 5) is 11.2. The molecule has 57 heavy (non-hydrogen) atoms. The molecule has 0 aliphatic carbocycles. The Morgan fingerprint density at radius 3 is 1.86 bits per heavy atom. The highest BCUT2D eigenvalue weighted by Gasteiger charge is 2.25. The van der Waals surface area contributed by atoms with Gasteiger partial charge in [0.05, 0.1) is 11.4 Å². The van der Waals surface area contributed by atoms with Gasteiger partial charge in [-0.15, -0.1) is 0 Å². The van der Waals surface area contributed by atoms with Crippen molar-refractivity contribution in [1.82, 2.24) is 0 Å². The minimum Gasteiger partial charge on any atom is -0.456 e. The van der Waals surface area contributed by atoms with Crippen LogP contribution >= 0.6 is 0 Å². The van der Waals surface area contributed by atoms with Crippen LogP contribution in [-0.2, 0) is 0 Å². The van der Waals surface area contributed by atoms with E-state index < -0.39 is 0 Å². The maximum Gasteiger partial charge on any atom is 0.161 e. The number of nitrogens with zero attached hydrogens (tertiary/aromatic N) is 2. The molecule has 2 aromatic heterocycles. The van der Waals surface area contributed by atoms with E-state index in [1.807, 2.05) is 12.1 Å². The number of allylic oxidation sites excluding steroid dienone is 1. The summed E-state index contributed by atoms with van der Waals surface area (Å²) in [5.41, 5.74) is 10.1. The first-order valence-electron chi connectivity index (χ1n) is 19.4. The maximum atomic E-state index is 6.85. The van der Waals surface area contributed by atoms with Crippen molar-refractivity contribution in [2.45, 2.75) is 6.42 Å². The fourth-order valence-electron chi connectivity index (χ4n) is 8.80. The van der Waals surface area contributed by atoms with Crippen molar-refractivity contribution in [2.75, 3.05) is 0 Å². The second-order valence-corrected chi connectivity index (χ2v) is 14.8. The van der Waals surface area contributed by atoms with Gasteiger partial charge < -0.3 is 8.83 Å². The molecular weight excluding hydrogens is 697 g/mol. The van der Waals surface area contributed by atoms with E-state index in [1.54, 1.807) is 0 Å². The predicted molar refractivity (Wildman–Crippen MR) is 238 cm³/mol. The molecular formula is C53H32N2O2. The molecule has 0 amide bonds. The average molecular weight is 729 g/mol. The summed E-state index contributed by atoms with van der Waals surface area (Å²) in [6, 6.07) is 61.8. The van der Waals surface area contributed by atoms with E-state index in [0.29, 0.717) is 12.3 Å². The van der Waals surface area contributed by atoms with E-state index in [9.17, 15) is 0 Å². The molecule has 0 N–H and O–H groups in total. The van der Waals surface area contributed by atoms with Crippen LogP contribution in [0.4, 0.5) is 0 Å². The number of fused-ring (bicyclic) bond motifs is 10. The molecule has 0 radical (unpaired) electrons. The van der Waals surface area contributed by atoms with Crippen LogP contribution in [-0.4, -0.2) is 11.5 Å². The number of hydrogen-bond donors (Lipinski definition) is 0. The minimum absolute atomic E-state index is 0.608. The molecule has 1 aliphatic heterocycles. The molecule has 1 aliphatic rings. The number of furan rings is 2. The van der Waals surface area contributed by atoms with E-state index in [1.165, 1.54) is 32.3 Å². The van der Waals surface area contributed by atoms with Crippen LogP contribution < -0.4 is 0 Å². The third-order valence-corrected chi connectivity index (χ3v) is 11.5. The van der Waals surface area contributed by atoms with Crippen LogP contribution in [0.5, 0.6) is 0 Å². The second-order valence-electron chi connectivity index (χ2n) is 14.8. The zero-order chi connectivity index (χ0) is 37.5. The van der Waals surface area contributed by atoms with Gasteiger partial charge in [-0.2, -0.15) is 0 Å². The van der Waals surface area contributed by atoms with E-state index in [0.717, 1.165) is 83.1 Å². The highest BCUT2D eigenvalue weighted by Crippen LogP contribution is 2.44. The van der Waals surface area contributed by atoms with Gasteiger partial charge in [0.1, 0.15) is 22.3 Å². The Bertz CT molecular complexity index is 3560. The number of para-hydroxylation sites is 2. The smallest absolute Gasteiger partial charge is 0.161 e. The molecule has 0 saturated carbocycles. The summed E-state index contributed by atoms with van der Waals surface area (Å²) in [5.74, 6) is 0.626. The van der Waals surface area contributed by atoms with Gasteiger partial charge in [0.25, 0.3) is 0 Å².